The van der Waals surface area contributed by atoms with E-state index in [4.69, 9.17) is 0 Å². The summed E-state index contributed by atoms with van der Waals surface area (Å²) in [5, 5.41) is 2.90. The van der Waals surface area contributed by atoms with Crippen molar-refractivity contribution in [2.45, 2.75) is 51.5 Å². The zero-order chi connectivity index (χ0) is 12.4. The first-order valence-electron chi connectivity index (χ1n) is 6.27. The van der Waals surface area contributed by atoms with Crippen LogP contribution in [0.25, 0.3) is 0 Å². The van der Waals surface area contributed by atoms with Crippen LogP contribution < -0.4 is 5.32 Å². The number of nitrogens with one attached hydrogen (secondary N) is 1. The molecule has 1 heterocycles. The highest BCUT2D eigenvalue weighted by Crippen LogP contribution is 2.50. The van der Waals surface area contributed by atoms with Gasteiger partial charge >= 0.3 is 0 Å². The summed E-state index contributed by atoms with van der Waals surface area (Å²) in [7, 11) is 0. The lowest BCUT2D eigenvalue weighted by Crippen LogP contribution is -2.18. The minimum atomic E-state index is 0.0864. The summed E-state index contributed by atoms with van der Waals surface area (Å²) >= 11 is 0. The third-order valence-electron chi connectivity index (χ3n) is 4.27. The van der Waals surface area contributed by atoms with Crippen LogP contribution in [0.5, 0.6) is 0 Å². The van der Waals surface area contributed by atoms with E-state index in [1.54, 1.807) is 0 Å². The summed E-state index contributed by atoms with van der Waals surface area (Å²) < 4.78 is 0. The SMILES string of the molecule is CC1(C)CC(C)(C)c2cc3c(cc21)CNC3=O. The molecule has 1 aromatic rings. The molecular weight excluding hydrogens is 210 g/mol. The normalized spacial score (nSPS) is 23.2. The van der Waals surface area contributed by atoms with Gasteiger partial charge in [-0.05, 0) is 40.0 Å². The summed E-state index contributed by atoms with van der Waals surface area (Å²) in [6.45, 7) is 9.85. The molecule has 1 aliphatic carbocycles. The highest BCUT2D eigenvalue weighted by Gasteiger charge is 2.43. The van der Waals surface area contributed by atoms with E-state index < -0.39 is 0 Å². The molecule has 90 valence electrons. The lowest BCUT2D eigenvalue weighted by molar-refractivity contribution is 0.0965. The van der Waals surface area contributed by atoms with Gasteiger partial charge in [-0.1, -0.05) is 33.8 Å². The Labute approximate surface area is 102 Å². The topological polar surface area (TPSA) is 29.1 Å². The van der Waals surface area contributed by atoms with Crippen LogP contribution in [0.4, 0.5) is 0 Å². The molecule has 1 aliphatic heterocycles. The van der Waals surface area contributed by atoms with Crippen LogP contribution in [0.1, 0.15) is 61.2 Å². The summed E-state index contributed by atoms with van der Waals surface area (Å²) in [5.74, 6) is 0.0864. The first kappa shape index (κ1) is 10.8. The van der Waals surface area contributed by atoms with Gasteiger partial charge in [-0.25, -0.2) is 0 Å². The van der Waals surface area contributed by atoms with E-state index in [1.165, 1.54) is 16.7 Å². The van der Waals surface area contributed by atoms with Gasteiger partial charge in [0.05, 0.1) is 0 Å². The molecule has 0 radical (unpaired) electrons. The Morgan fingerprint density at radius 2 is 1.65 bits per heavy atom. The predicted molar refractivity (Wildman–Crippen MR) is 68.3 cm³/mol. The van der Waals surface area contributed by atoms with Crippen molar-refractivity contribution in [3.05, 3.63) is 34.4 Å². The standard InChI is InChI=1S/C15H19NO/c1-14(2)8-15(3,4)12-6-10-9(5-11(12)14)7-16-13(10)17/h5-6H,7-8H2,1-4H3,(H,16,17). The van der Waals surface area contributed by atoms with E-state index >= 15 is 0 Å². The van der Waals surface area contributed by atoms with Crippen LogP contribution in [-0.2, 0) is 17.4 Å². The van der Waals surface area contributed by atoms with Crippen LogP contribution in [0.3, 0.4) is 0 Å². The fourth-order valence-electron chi connectivity index (χ4n) is 3.69. The quantitative estimate of drug-likeness (QED) is 0.728. The van der Waals surface area contributed by atoms with Gasteiger partial charge < -0.3 is 5.32 Å². The summed E-state index contributed by atoms with van der Waals surface area (Å²) in [6, 6.07) is 4.37. The van der Waals surface area contributed by atoms with E-state index in [0.717, 1.165) is 12.0 Å². The van der Waals surface area contributed by atoms with Gasteiger partial charge in [-0.15, -0.1) is 0 Å². The molecule has 1 N–H and O–H groups in total. The molecule has 0 saturated carbocycles. The molecule has 2 heteroatoms. The van der Waals surface area contributed by atoms with Crippen LogP contribution in [-0.4, -0.2) is 5.91 Å². The number of fused-ring (bicyclic) bond motifs is 2. The molecule has 0 bridgehead atoms. The fraction of sp³-hybridized carbons (Fsp3) is 0.533. The molecule has 2 aliphatic rings. The number of carbonyl (C=O) groups excluding carboxylic acids is 1. The molecule has 0 unspecified atom stereocenters. The minimum absolute atomic E-state index is 0.0864. The van der Waals surface area contributed by atoms with E-state index in [0.29, 0.717) is 6.54 Å². The Kier molecular flexibility index (Phi) is 1.86. The zero-order valence-electron chi connectivity index (χ0n) is 11.0. The maximum atomic E-state index is 11.7. The average molecular weight is 229 g/mol. The third kappa shape index (κ3) is 1.36. The lowest BCUT2D eigenvalue weighted by atomic mass is 9.82. The second kappa shape index (κ2) is 2.92. The molecule has 0 atom stereocenters. The highest BCUT2D eigenvalue weighted by atomic mass is 16.1. The van der Waals surface area contributed by atoms with Crippen LogP contribution in [0.15, 0.2) is 12.1 Å². The Morgan fingerprint density at radius 1 is 1.06 bits per heavy atom. The van der Waals surface area contributed by atoms with Gasteiger partial charge in [0.1, 0.15) is 0 Å². The molecule has 0 saturated heterocycles. The van der Waals surface area contributed by atoms with Crippen molar-refractivity contribution in [1.82, 2.24) is 5.32 Å². The molecule has 3 rings (SSSR count). The number of hydrogen-bond donors (Lipinski definition) is 1. The first-order valence-corrected chi connectivity index (χ1v) is 6.27. The number of benzene rings is 1. The minimum Gasteiger partial charge on any atom is -0.348 e. The van der Waals surface area contributed by atoms with Crippen molar-refractivity contribution < 1.29 is 4.79 Å². The summed E-state index contributed by atoms with van der Waals surface area (Å²) in [5.41, 5.74) is 5.24. The van der Waals surface area contributed by atoms with E-state index in [1.807, 2.05) is 0 Å². The molecule has 2 nitrogen and oxygen atoms in total. The van der Waals surface area contributed by atoms with Crippen molar-refractivity contribution in [3.8, 4) is 0 Å². The van der Waals surface area contributed by atoms with Gasteiger partial charge in [0, 0.05) is 12.1 Å². The number of carbonyl (C=O) groups is 1. The van der Waals surface area contributed by atoms with E-state index in [-0.39, 0.29) is 16.7 Å². The lowest BCUT2D eigenvalue weighted by Gasteiger charge is -2.22. The number of amides is 1. The van der Waals surface area contributed by atoms with E-state index in [9.17, 15) is 4.79 Å². The van der Waals surface area contributed by atoms with Crippen molar-refractivity contribution >= 4 is 5.91 Å². The Balaban J connectivity index is 2.27. The molecule has 0 aromatic heterocycles. The summed E-state index contributed by atoms with van der Waals surface area (Å²) in [6.07, 6.45) is 1.15. The molecule has 0 spiro atoms. The maximum Gasteiger partial charge on any atom is 0.251 e. The average Bonchev–Trinajstić information content (AvgIpc) is 2.64. The van der Waals surface area contributed by atoms with Crippen LogP contribution in [0.2, 0.25) is 0 Å². The van der Waals surface area contributed by atoms with Crippen LogP contribution in [0, 0.1) is 0 Å². The maximum absolute atomic E-state index is 11.7. The monoisotopic (exact) mass is 229 g/mol. The van der Waals surface area contributed by atoms with Crippen molar-refractivity contribution in [2.75, 3.05) is 0 Å². The molecule has 1 aromatic carbocycles. The first-order chi connectivity index (χ1) is 7.81. The fourth-order valence-corrected chi connectivity index (χ4v) is 3.69. The zero-order valence-corrected chi connectivity index (χ0v) is 11.0. The Bertz CT molecular complexity index is 526. The third-order valence-corrected chi connectivity index (χ3v) is 4.27. The van der Waals surface area contributed by atoms with Crippen LogP contribution >= 0.6 is 0 Å². The molecule has 17 heavy (non-hydrogen) atoms. The van der Waals surface area contributed by atoms with Crippen molar-refractivity contribution in [2.24, 2.45) is 0 Å². The van der Waals surface area contributed by atoms with Crippen molar-refractivity contribution in [1.29, 1.82) is 0 Å². The van der Waals surface area contributed by atoms with Gasteiger partial charge in [0.25, 0.3) is 5.91 Å². The Hall–Kier alpha value is -1.31. The van der Waals surface area contributed by atoms with Crippen molar-refractivity contribution in [3.63, 3.8) is 0 Å². The predicted octanol–water partition coefficient (Wildman–Crippen LogP) is 2.89. The molecule has 1 amide bonds. The van der Waals surface area contributed by atoms with Gasteiger partial charge in [-0.3, -0.25) is 4.79 Å². The highest BCUT2D eigenvalue weighted by molar-refractivity contribution is 5.98. The van der Waals surface area contributed by atoms with Gasteiger partial charge in [0.15, 0.2) is 0 Å². The number of rotatable bonds is 0. The van der Waals surface area contributed by atoms with Gasteiger partial charge in [-0.2, -0.15) is 0 Å². The smallest absolute Gasteiger partial charge is 0.251 e. The summed E-state index contributed by atoms with van der Waals surface area (Å²) in [4.78, 5) is 11.7. The molecule has 0 fully saturated rings. The second-order valence-corrected chi connectivity index (χ2v) is 6.68. The second-order valence-electron chi connectivity index (χ2n) is 6.68. The number of hydrogen-bond acceptors (Lipinski definition) is 1. The largest absolute Gasteiger partial charge is 0.348 e. The van der Waals surface area contributed by atoms with E-state index in [2.05, 4.69) is 45.1 Å². The Morgan fingerprint density at radius 3 is 2.29 bits per heavy atom. The van der Waals surface area contributed by atoms with Gasteiger partial charge in [0.2, 0.25) is 0 Å². The molecular formula is C15H19NO.